The first kappa shape index (κ1) is 14.4. The highest BCUT2D eigenvalue weighted by Gasteiger charge is 2.37. The number of halogens is 2. The Bertz CT molecular complexity index is 624. The van der Waals surface area contributed by atoms with Crippen molar-refractivity contribution in [3.63, 3.8) is 0 Å². The average Bonchev–Trinajstić information content (AvgIpc) is 2.67. The van der Waals surface area contributed by atoms with E-state index in [9.17, 15) is 13.2 Å². The van der Waals surface area contributed by atoms with Crippen LogP contribution in [0.2, 0.25) is 10.0 Å². The van der Waals surface area contributed by atoms with Crippen molar-refractivity contribution in [1.82, 2.24) is 0 Å². The molecule has 1 aliphatic rings. The first-order chi connectivity index (χ1) is 8.70. The molecule has 1 atom stereocenters. The minimum absolute atomic E-state index is 0.0196. The van der Waals surface area contributed by atoms with Gasteiger partial charge in [0.05, 0.1) is 15.7 Å². The number of carbonyl (C=O) groups excluding carboxylic acids is 1. The molecule has 0 bridgehead atoms. The van der Waals surface area contributed by atoms with E-state index in [-0.39, 0.29) is 34.6 Å². The molecule has 0 spiro atoms. The fraction of sp³-hybridized carbons (Fsp3) is 0.300. The maximum absolute atomic E-state index is 11.8. The Labute approximate surface area is 120 Å². The van der Waals surface area contributed by atoms with E-state index in [1.165, 1.54) is 17.0 Å². The lowest BCUT2D eigenvalue weighted by atomic mass is 10.2. The second-order valence-corrected chi connectivity index (χ2v) is 6.90. The van der Waals surface area contributed by atoms with Gasteiger partial charge in [0.15, 0.2) is 0 Å². The van der Waals surface area contributed by atoms with Crippen LogP contribution in [0.5, 0.6) is 0 Å². The van der Waals surface area contributed by atoms with Gasteiger partial charge in [0, 0.05) is 18.7 Å². The molecule has 6 nitrogen and oxygen atoms in total. The van der Waals surface area contributed by atoms with Crippen LogP contribution >= 0.6 is 23.2 Å². The van der Waals surface area contributed by atoms with Crippen LogP contribution < -0.4 is 15.8 Å². The fourth-order valence-corrected chi connectivity index (χ4v) is 3.08. The maximum atomic E-state index is 11.8. The van der Waals surface area contributed by atoms with Gasteiger partial charge in [-0.3, -0.25) is 4.79 Å². The highest BCUT2D eigenvalue weighted by atomic mass is 35.5. The highest BCUT2D eigenvalue weighted by Crippen LogP contribution is 2.34. The molecule has 1 unspecified atom stereocenters. The third kappa shape index (κ3) is 2.79. The van der Waals surface area contributed by atoms with Gasteiger partial charge in [0.1, 0.15) is 5.25 Å². The Hall–Kier alpha value is -1.02. The molecule has 1 amide bonds. The van der Waals surface area contributed by atoms with E-state index in [2.05, 4.69) is 0 Å². The standard InChI is InChI=1S/C10H11Cl2N3O3S/c11-7-1-5(2-8(12)10(7)13)15-4-6(3-9(15)16)19(14,17)18/h1-2,6H,3-4,13H2,(H2,14,17,18). The molecule has 0 radical (unpaired) electrons. The number of carbonyl (C=O) groups is 1. The number of nitrogens with zero attached hydrogens (tertiary/aromatic N) is 1. The Morgan fingerprint density at radius 3 is 2.21 bits per heavy atom. The van der Waals surface area contributed by atoms with Gasteiger partial charge in [0.2, 0.25) is 15.9 Å². The van der Waals surface area contributed by atoms with E-state index in [1.54, 1.807) is 0 Å². The summed E-state index contributed by atoms with van der Waals surface area (Å²) >= 11 is 11.8. The van der Waals surface area contributed by atoms with Crippen LogP contribution in [0.15, 0.2) is 12.1 Å². The molecule has 0 aliphatic carbocycles. The van der Waals surface area contributed by atoms with Crippen LogP contribution in [-0.2, 0) is 14.8 Å². The van der Waals surface area contributed by atoms with E-state index < -0.39 is 15.3 Å². The number of hydrogen-bond acceptors (Lipinski definition) is 4. The fourth-order valence-electron chi connectivity index (χ4n) is 1.87. The van der Waals surface area contributed by atoms with E-state index in [1.807, 2.05) is 0 Å². The molecule has 1 heterocycles. The number of sulfonamides is 1. The van der Waals surface area contributed by atoms with Crippen molar-refractivity contribution in [2.24, 2.45) is 5.14 Å². The molecule has 104 valence electrons. The smallest absolute Gasteiger partial charge is 0.228 e. The van der Waals surface area contributed by atoms with Crippen molar-refractivity contribution in [3.05, 3.63) is 22.2 Å². The summed E-state index contributed by atoms with van der Waals surface area (Å²) in [6.07, 6.45) is -0.154. The van der Waals surface area contributed by atoms with Crippen molar-refractivity contribution in [2.45, 2.75) is 11.7 Å². The lowest BCUT2D eigenvalue weighted by Crippen LogP contribution is -2.32. The zero-order chi connectivity index (χ0) is 14.4. The van der Waals surface area contributed by atoms with Gasteiger partial charge in [0.25, 0.3) is 0 Å². The normalized spacial score (nSPS) is 20.1. The van der Waals surface area contributed by atoms with Gasteiger partial charge in [-0.15, -0.1) is 0 Å². The largest absolute Gasteiger partial charge is 0.396 e. The number of nitrogen functional groups attached to an aromatic ring is 1. The molecule has 1 aromatic rings. The molecule has 9 heteroatoms. The van der Waals surface area contributed by atoms with Gasteiger partial charge < -0.3 is 10.6 Å². The zero-order valence-electron chi connectivity index (χ0n) is 9.64. The average molecular weight is 324 g/mol. The number of nitrogens with two attached hydrogens (primary N) is 2. The Morgan fingerprint density at radius 1 is 1.26 bits per heavy atom. The molecule has 1 fully saturated rings. The van der Waals surface area contributed by atoms with Crippen molar-refractivity contribution in [2.75, 3.05) is 17.2 Å². The van der Waals surface area contributed by atoms with Crippen LogP contribution in [0.25, 0.3) is 0 Å². The molecule has 4 N–H and O–H groups in total. The number of primary sulfonamides is 1. The number of anilines is 2. The molecule has 0 aromatic heterocycles. The number of benzene rings is 1. The number of amides is 1. The minimum Gasteiger partial charge on any atom is -0.396 e. The summed E-state index contributed by atoms with van der Waals surface area (Å²) in [5.41, 5.74) is 6.21. The van der Waals surface area contributed by atoms with Crippen LogP contribution in [0.1, 0.15) is 6.42 Å². The second-order valence-electron chi connectivity index (χ2n) is 4.24. The van der Waals surface area contributed by atoms with Gasteiger partial charge in [-0.05, 0) is 12.1 Å². The summed E-state index contributed by atoms with van der Waals surface area (Å²) in [7, 11) is -3.76. The van der Waals surface area contributed by atoms with E-state index in [0.717, 1.165) is 0 Å². The topological polar surface area (TPSA) is 106 Å². The molecule has 1 aromatic carbocycles. The van der Waals surface area contributed by atoms with Crippen molar-refractivity contribution in [3.8, 4) is 0 Å². The summed E-state index contributed by atoms with van der Waals surface area (Å²) in [6, 6.07) is 2.93. The van der Waals surface area contributed by atoms with E-state index in [4.69, 9.17) is 34.1 Å². The van der Waals surface area contributed by atoms with Gasteiger partial charge in [-0.2, -0.15) is 0 Å². The van der Waals surface area contributed by atoms with Crippen LogP contribution in [0.4, 0.5) is 11.4 Å². The predicted molar refractivity (Wildman–Crippen MR) is 74.7 cm³/mol. The predicted octanol–water partition coefficient (Wildman–Crippen LogP) is 0.969. The van der Waals surface area contributed by atoms with Crippen LogP contribution in [-0.4, -0.2) is 26.1 Å². The SMILES string of the molecule is Nc1c(Cl)cc(N2CC(S(N)(=O)=O)CC2=O)cc1Cl. The summed E-state index contributed by atoms with van der Waals surface area (Å²) < 4.78 is 22.5. The molecule has 2 rings (SSSR count). The van der Waals surface area contributed by atoms with Crippen molar-refractivity contribution >= 4 is 50.5 Å². The molecular weight excluding hydrogens is 313 g/mol. The highest BCUT2D eigenvalue weighted by molar-refractivity contribution is 7.89. The van der Waals surface area contributed by atoms with Crippen LogP contribution in [0, 0.1) is 0 Å². The lowest BCUT2D eigenvalue weighted by Gasteiger charge is -2.17. The molecule has 1 aliphatic heterocycles. The molecule has 19 heavy (non-hydrogen) atoms. The zero-order valence-corrected chi connectivity index (χ0v) is 12.0. The summed E-state index contributed by atoms with van der Waals surface area (Å²) in [4.78, 5) is 13.1. The second kappa shape index (κ2) is 4.82. The van der Waals surface area contributed by atoms with Crippen LogP contribution in [0.3, 0.4) is 0 Å². The van der Waals surface area contributed by atoms with E-state index in [0.29, 0.717) is 5.69 Å². The molecular formula is C10H11Cl2N3O3S. The lowest BCUT2D eigenvalue weighted by molar-refractivity contribution is -0.117. The summed E-state index contributed by atoms with van der Waals surface area (Å²) in [5, 5.41) is 4.53. The third-order valence-corrected chi connectivity index (χ3v) is 4.80. The maximum Gasteiger partial charge on any atom is 0.228 e. The van der Waals surface area contributed by atoms with Crippen molar-refractivity contribution < 1.29 is 13.2 Å². The summed E-state index contributed by atoms with van der Waals surface area (Å²) in [5.74, 6) is -0.351. The third-order valence-electron chi connectivity index (χ3n) is 2.93. The monoisotopic (exact) mass is 323 g/mol. The molecule has 0 saturated carbocycles. The van der Waals surface area contributed by atoms with Gasteiger partial charge in [-0.1, -0.05) is 23.2 Å². The first-order valence-electron chi connectivity index (χ1n) is 5.26. The molecule has 1 saturated heterocycles. The Kier molecular flexibility index (Phi) is 3.65. The Balaban J connectivity index is 2.36. The van der Waals surface area contributed by atoms with Crippen molar-refractivity contribution in [1.29, 1.82) is 0 Å². The first-order valence-corrected chi connectivity index (χ1v) is 7.63. The number of hydrogen-bond donors (Lipinski definition) is 2. The van der Waals surface area contributed by atoms with E-state index >= 15 is 0 Å². The van der Waals surface area contributed by atoms with Gasteiger partial charge >= 0.3 is 0 Å². The summed E-state index contributed by atoms with van der Waals surface area (Å²) in [6.45, 7) is -0.0196. The quantitative estimate of drug-likeness (QED) is 0.790. The number of rotatable bonds is 2. The Morgan fingerprint density at radius 2 is 1.79 bits per heavy atom. The minimum atomic E-state index is -3.76. The van der Waals surface area contributed by atoms with Gasteiger partial charge in [-0.25, -0.2) is 13.6 Å².